The van der Waals surface area contributed by atoms with Gasteiger partial charge in [-0.05, 0) is 11.1 Å². The summed E-state index contributed by atoms with van der Waals surface area (Å²) in [6, 6.07) is 18.1. The van der Waals surface area contributed by atoms with Crippen molar-refractivity contribution >= 4 is 11.9 Å². The van der Waals surface area contributed by atoms with Gasteiger partial charge >= 0.3 is 6.03 Å². The minimum atomic E-state index is -1.79. The van der Waals surface area contributed by atoms with E-state index < -0.39 is 18.1 Å². The second kappa shape index (κ2) is 9.25. The van der Waals surface area contributed by atoms with Crippen LogP contribution >= 0.6 is 0 Å². The molecule has 1 unspecified atom stereocenters. The van der Waals surface area contributed by atoms with Gasteiger partial charge in [-0.3, -0.25) is 9.69 Å². The summed E-state index contributed by atoms with van der Waals surface area (Å²) < 4.78 is 25.0. The third kappa shape index (κ3) is 5.12. The molecule has 1 atom stereocenters. The van der Waals surface area contributed by atoms with Crippen molar-refractivity contribution in [3.05, 3.63) is 71.8 Å². The number of alkyl halides is 1. The lowest BCUT2D eigenvalue weighted by atomic mass is 10.2. The lowest BCUT2D eigenvalue weighted by Crippen LogP contribution is -2.58. The van der Waals surface area contributed by atoms with Gasteiger partial charge in [0.25, 0.3) is 5.91 Å². The Morgan fingerprint density at radius 1 is 0.852 bits per heavy atom. The second-order valence-corrected chi connectivity index (χ2v) is 6.17. The Hall–Kier alpha value is -2.77. The molecular formula is C20H21FN2O4. The molecule has 2 aromatic carbocycles. The molecule has 0 aromatic heterocycles. The van der Waals surface area contributed by atoms with Crippen molar-refractivity contribution in [1.82, 2.24) is 9.80 Å². The molecule has 6 nitrogen and oxygen atoms in total. The summed E-state index contributed by atoms with van der Waals surface area (Å²) in [5.41, 5.74) is 1.84. The Bertz CT molecular complexity index is 757. The van der Waals surface area contributed by atoms with E-state index in [1.54, 1.807) is 0 Å². The van der Waals surface area contributed by atoms with Crippen molar-refractivity contribution in [1.29, 1.82) is 0 Å². The zero-order valence-electron chi connectivity index (χ0n) is 14.8. The number of nitrogens with zero attached hydrogens (tertiary/aromatic N) is 2. The van der Waals surface area contributed by atoms with Crippen molar-refractivity contribution in [2.24, 2.45) is 0 Å². The molecular weight excluding hydrogens is 351 g/mol. The van der Waals surface area contributed by atoms with Gasteiger partial charge < -0.3 is 9.47 Å². The summed E-state index contributed by atoms with van der Waals surface area (Å²) in [4.78, 5) is 26.4. The van der Waals surface area contributed by atoms with Gasteiger partial charge in [0.15, 0.2) is 6.17 Å². The number of hydrogen-bond acceptors (Lipinski definition) is 4. The maximum absolute atomic E-state index is 14.1. The van der Waals surface area contributed by atoms with E-state index in [0.717, 1.165) is 16.0 Å². The fourth-order valence-electron chi connectivity index (χ4n) is 2.69. The van der Waals surface area contributed by atoms with Crippen molar-refractivity contribution in [2.45, 2.75) is 19.4 Å². The number of benzene rings is 2. The lowest BCUT2D eigenvalue weighted by Gasteiger charge is -2.35. The van der Waals surface area contributed by atoms with Gasteiger partial charge in [0, 0.05) is 0 Å². The molecule has 0 saturated carbocycles. The fourth-order valence-corrected chi connectivity index (χ4v) is 2.69. The van der Waals surface area contributed by atoms with E-state index in [1.807, 2.05) is 60.7 Å². The molecule has 0 spiro atoms. The van der Waals surface area contributed by atoms with Crippen molar-refractivity contribution in [2.75, 3.05) is 20.0 Å². The third-order valence-electron chi connectivity index (χ3n) is 4.11. The summed E-state index contributed by atoms with van der Waals surface area (Å²) >= 11 is 0. The van der Waals surface area contributed by atoms with Crippen LogP contribution in [0.5, 0.6) is 0 Å². The second-order valence-electron chi connectivity index (χ2n) is 6.17. The number of urea groups is 1. The monoisotopic (exact) mass is 372 g/mol. The van der Waals surface area contributed by atoms with Crippen LogP contribution in [-0.2, 0) is 27.5 Å². The summed E-state index contributed by atoms with van der Waals surface area (Å²) in [5, 5.41) is 0. The van der Waals surface area contributed by atoms with Crippen LogP contribution in [0.1, 0.15) is 11.1 Å². The lowest BCUT2D eigenvalue weighted by molar-refractivity contribution is -0.144. The number of carbonyl (C=O) groups is 2. The Kier molecular flexibility index (Phi) is 6.51. The Labute approximate surface area is 157 Å². The largest absolute Gasteiger partial charge is 0.356 e. The average Bonchev–Trinajstić information content (AvgIpc) is 2.70. The molecule has 0 bridgehead atoms. The first kappa shape index (κ1) is 19.0. The van der Waals surface area contributed by atoms with Gasteiger partial charge in [-0.25, -0.2) is 14.1 Å². The van der Waals surface area contributed by atoms with Gasteiger partial charge in [-0.1, -0.05) is 60.7 Å². The first-order valence-electron chi connectivity index (χ1n) is 8.63. The third-order valence-corrected chi connectivity index (χ3v) is 4.11. The van der Waals surface area contributed by atoms with Gasteiger partial charge in [0.05, 0.1) is 19.8 Å². The molecule has 1 aliphatic heterocycles. The number of amides is 3. The van der Waals surface area contributed by atoms with Crippen LogP contribution < -0.4 is 0 Å². The van der Waals surface area contributed by atoms with Crippen LogP contribution in [0.4, 0.5) is 9.18 Å². The molecule has 1 aliphatic rings. The normalized spacial score (nSPS) is 17.4. The van der Waals surface area contributed by atoms with Crippen LogP contribution in [0.15, 0.2) is 60.7 Å². The summed E-state index contributed by atoms with van der Waals surface area (Å²) in [6.45, 7) is -0.209. The highest BCUT2D eigenvalue weighted by Crippen LogP contribution is 2.15. The summed E-state index contributed by atoms with van der Waals surface area (Å²) in [7, 11) is 0. The van der Waals surface area contributed by atoms with E-state index in [2.05, 4.69) is 0 Å². The molecule has 2 aromatic rings. The van der Waals surface area contributed by atoms with Crippen molar-refractivity contribution in [3.63, 3.8) is 0 Å². The summed E-state index contributed by atoms with van der Waals surface area (Å²) in [6.07, 6.45) is -1.79. The molecule has 1 fully saturated rings. The molecule has 1 heterocycles. The van der Waals surface area contributed by atoms with E-state index in [1.165, 1.54) is 4.90 Å². The fraction of sp³-hybridized carbons (Fsp3) is 0.300. The quantitative estimate of drug-likeness (QED) is 0.715. The average molecular weight is 372 g/mol. The zero-order valence-corrected chi connectivity index (χ0v) is 14.8. The number of halogens is 1. The number of carbonyl (C=O) groups excluding carboxylic acids is 2. The number of hydrogen-bond donors (Lipinski definition) is 0. The highest BCUT2D eigenvalue weighted by atomic mass is 19.1. The standard InChI is InChI=1S/C20H21FN2O4/c21-18-11-22(14-26-12-16-7-3-1-4-8-16)20(25)23(19(18)24)15-27-13-17-9-5-2-6-10-17/h1-10,18H,11-15H2. The molecule has 27 heavy (non-hydrogen) atoms. The van der Waals surface area contributed by atoms with E-state index >= 15 is 0 Å². The number of imide groups is 1. The number of rotatable bonds is 8. The molecule has 3 amide bonds. The van der Waals surface area contributed by atoms with Crippen LogP contribution in [0, 0.1) is 0 Å². The smallest absolute Gasteiger partial charge is 0.330 e. The molecule has 0 radical (unpaired) electrons. The van der Waals surface area contributed by atoms with Crippen LogP contribution in [0.3, 0.4) is 0 Å². The zero-order chi connectivity index (χ0) is 19.1. The van der Waals surface area contributed by atoms with E-state index in [-0.39, 0.29) is 26.6 Å². The number of ether oxygens (including phenoxy) is 2. The minimum Gasteiger partial charge on any atom is -0.356 e. The van der Waals surface area contributed by atoms with Crippen LogP contribution in [0.25, 0.3) is 0 Å². The molecule has 3 rings (SSSR count). The molecule has 1 saturated heterocycles. The van der Waals surface area contributed by atoms with Gasteiger partial charge in [-0.2, -0.15) is 0 Å². The van der Waals surface area contributed by atoms with Crippen molar-refractivity contribution in [3.8, 4) is 0 Å². The maximum Gasteiger partial charge on any atom is 0.330 e. The predicted octanol–water partition coefficient (Wildman–Crippen LogP) is 2.94. The van der Waals surface area contributed by atoms with E-state index in [9.17, 15) is 14.0 Å². The Balaban J connectivity index is 1.52. The van der Waals surface area contributed by atoms with Crippen LogP contribution in [0.2, 0.25) is 0 Å². The molecule has 142 valence electrons. The maximum atomic E-state index is 14.1. The molecule has 7 heteroatoms. The summed E-state index contributed by atoms with van der Waals surface area (Å²) in [5.74, 6) is -0.882. The topological polar surface area (TPSA) is 59.1 Å². The minimum absolute atomic E-state index is 0.101. The van der Waals surface area contributed by atoms with Crippen LogP contribution in [-0.4, -0.2) is 47.9 Å². The molecule has 0 aliphatic carbocycles. The van der Waals surface area contributed by atoms with Gasteiger partial charge in [0.2, 0.25) is 0 Å². The van der Waals surface area contributed by atoms with Gasteiger partial charge in [0.1, 0.15) is 13.5 Å². The molecule has 0 N–H and O–H groups in total. The van der Waals surface area contributed by atoms with Crippen molar-refractivity contribution < 1.29 is 23.5 Å². The first-order chi connectivity index (χ1) is 13.1. The predicted molar refractivity (Wildman–Crippen MR) is 96.0 cm³/mol. The van der Waals surface area contributed by atoms with E-state index in [0.29, 0.717) is 6.61 Å². The Morgan fingerprint density at radius 2 is 1.37 bits per heavy atom. The highest BCUT2D eigenvalue weighted by Gasteiger charge is 2.39. The van der Waals surface area contributed by atoms with Gasteiger partial charge in [-0.15, -0.1) is 0 Å². The SMILES string of the molecule is O=C1C(F)CN(COCc2ccccc2)C(=O)N1COCc1ccccc1. The Morgan fingerprint density at radius 3 is 1.93 bits per heavy atom. The highest BCUT2D eigenvalue weighted by molar-refractivity contribution is 5.99. The van der Waals surface area contributed by atoms with E-state index in [4.69, 9.17) is 9.47 Å². The first-order valence-corrected chi connectivity index (χ1v) is 8.63.